The van der Waals surface area contributed by atoms with E-state index in [0.717, 1.165) is 18.8 Å². The lowest BCUT2D eigenvalue weighted by molar-refractivity contribution is 0.174. The Morgan fingerprint density at radius 1 is 1.43 bits per heavy atom. The van der Waals surface area contributed by atoms with Gasteiger partial charge in [0, 0.05) is 36.4 Å². The first-order valence-corrected chi connectivity index (χ1v) is 8.65. The van der Waals surface area contributed by atoms with Gasteiger partial charge in [-0.2, -0.15) is 0 Å². The molecule has 0 bridgehead atoms. The topological polar surface area (TPSA) is 28.2 Å². The highest BCUT2D eigenvalue weighted by Crippen LogP contribution is 2.21. The number of nitrogens with zero attached hydrogens (tertiary/aromatic N) is 2. The molecule has 2 aromatic heterocycles. The molecule has 2 aromatic rings. The van der Waals surface area contributed by atoms with Crippen molar-refractivity contribution in [1.29, 1.82) is 0 Å². The van der Waals surface area contributed by atoms with E-state index in [0.29, 0.717) is 11.1 Å². The highest BCUT2D eigenvalue weighted by atomic mass is 35.5. The van der Waals surface area contributed by atoms with Crippen LogP contribution in [-0.4, -0.2) is 29.5 Å². The van der Waals surface area contributed by atoms with Crippen LogP contribution in [0.25, 0.3) is 0 Å². The minimum absolute atomic E-state index is 0.544. The van der Waals surface area contributed by atoms with Gasteiger partial charge in [0.15, 0.2) is 0 Å². The van der Waals surface area contributed by atoms with Gasteiger partial charge in [0.2, 0.25) is 0 Å². The van der Waals surface area contributed by atoms with Crippen LogP contribution in [0.4, 0.5) is 5.69 Å². The monoisotopic (exact) mass is 321 g/mol. The molecule has 1 N–H and O–H groups in total. The van der Waals surface area contributed by atoms with Crippen molar-refractivity contribution in [3.8, 4) is 0 Å². The van der Waals surface area contributed by atoms with Crippen LogP contribution in [0.2, 0.25) is 5.15 Å². The van der Waals surface area contributed by atoms with Crippen LogP contribution in [0, 0.1) is 5.92 Å². The van der Waals surface area contributed by atoms with Gasteiger partial charge in [-0.05, 0) is 48.9 Å². The molecular weight excluding hydrogens is 302 g/mol. The van der Waals surface area contributed by atoms with Crippen molar-refractivity contribution in [1.82, 2.24) is 9.88 Å². The second kappa shape index (κ2) is 7.25. The van der Waals surface area contributed by atoms with E-state index in [1.54, 1.807) is 6.20 Å². The molecule has 0 spiro atoms. The molecule has 21 heavy (non-hydrogen) atoms. The Morgan fingerprint density at radius 3 is 3.19 bits per heavy atom. The molecule has 1 atom stereocenters. The van der Waals surface area contributed by atoms with Crippen molar-refractivity contribution in [3.63, 3.8) is 0 Å². The number of rotatable bonds is 5. The van der Waals surface area contributed by atoms with Gasteiger partial charge in [-0.1, -0.05) is 17.7 Å². The number of piperidine rings is 1. The van der Waals surface area contributed by atoms with Gasteiger partial charge in [0.25, 0.3) is 0 Å². The second-order valence-electron chi connectivity index (χ2n) is 5.57. The van der Waals surface area contributed by atoms with E-state index >= 15 is 0 Å². The number of aromatic nitrogens is 1. The van der Waals surface area contributed by atoms with Gasteiger partial charge >= 0.3 is 0 Å². The second-order valence-corrected chi connectivity index (χ2v) is 6.99. The lowest BCUT2D eigenvalue weighted by atomic mass is 9.98. The standard InChI is InChI=1S/C16H20ClN3S/c17-16-9-14(5-6-18-16)19-10-13-3-1-7-20(11-13)12-15-4-2-8-21-15/h2,4-6,8-9,13H,1,3,7,10-12H2,(H,18,19). The predicted molar refractivity (Wildman–Crippen MR) is 90.1 cm³/mol. The summed E-state index contributed by atoms with van der Waals surface area (Å²) in [6.45, 7) is 4.48. The van der Waals surface area contributed by atoms with Gasteiger partial charge in [-0.25, -0.2) is 4.98 Å². The third-order valence-electron chi connectivity index (χ3n) is 3.88. The summed E-state index contributed by atoms with van der Waals surface area (Å²) in [6.07, 6.45) is 4.33. The van der Waals surface area contributed by atoms with Crippen molar-refractivity contribution < 1.29 is 0 Å². The average Bonchev–Trinajstić information content (AvgIpc) is 2.99. The van der Waals surface area contributed by atoms with Gasteiger partial charge in [-0.3, -0.25) is 4.90 Å². The lowest BCUT2D eigenvalue weighted by Crippen LogP contribution is -2.37. The van der Waals surface area contributed by atoms with E-state index in [1.165, 1.54) is 30.8 Å². The number of anilines is 1. The molecule has 1 aliphatic heterocycles. The SMILES string of the molecule is Clc1cc(NCC2CCCN(Cc3cccs3)C2)ccn1. The first-order valence-electron chi connectivity index (χ1n) is 7.40. The number of hydrogen-bond acceptors (Lipinski definition) is 4. The highest BCUT2D eigenvalue weighted by Gasteiger charge is 2.20. The first kappa shape index (κ1) is 14.8. The summed E-state index contributed by atoms with van der Waals surface area (Å²) in [7, 11) is 0. The third-order valence-corrected chi connectivity index (χ3v) is 4.95. The summed E-state index contributed by atoms with van der Waals surface area (Å²) in [6, 6.07) is 8.22. The normalized spacial score (nSPS) is 19.6. The van der Waals surface area contributed by atoms with Crippen LogP contribution in [0.3, 0.4) is 0 Å². The fourth-order valence-electron chi connectivity index (χ4n) is 2.86. The fraction of sp³-hybridized carbons (Fsp3) is 0.438. The molecular formula is C16H20ClN3S. The maximum Gasteiger partial charge on any atom is 0.131 e. The van der Waals surface area contributed by atoms with Crippen LogP contribution >= 0.6 is 22.9 Å². The Labute approximate surface area is 135 Å². The molecule has 1 aliphatic rings. The van der Waals surface area contributed by atoms with Crippen LogP contribution in [0.1, 0.15) is 17.7 Å². The molecule has 0 amide bonds. The molecule has 3 rings (SSSR count). The molecule has 1 unspecified atom stereocenters. The van der Waals surface area contributed by atoms with Crippen LogP contribution in [-0.2, 0) is 6.54 Å². The Kier molecular flexibility index (Phi) is 5.12. The van der Waals surface area contributed by atoms with Crippen LogP contribution in [0.15, 0.2) is 35.8 Å². The van der Waals surface area contributed by atoms with Gasteiger partial charge in [0.05, 0.1) is 0 Å². The molecule has 1 saturated heterocycles. The largest absolute Gasteiger partial charge is 0.385 e. The third kappa shape index (κ3) is 4.43. The first-order chi connectivity index (χ1) is 10.3. The molecule has 0 aliphatic carbocycles. The van der Waals surface area contributed by atoms with Gasteiger partial charge in [-0.15, -0.1) is 11.3 Å². The van der Waals surface area contributed by atoms with Crippen molar-refractivity contribution in [2.45, 2.75) is 19.4 Å². The van der Waals surface area contributed by atoms with E-state index in [9.17, 15) is 0 Å². The number of pyridine rings is 1. The molecule has 3 heterocycles. The summed E-state index contributed by atoms with van der Waals surface area (Å²) in [4.78, 5) is 8.04. The van der Waals surface area contributed by atoms with E-state index in [2.05, 4.69) is 32.7 Å². The van der Waals surface area contributed by atoms with E-state index in [-0.39, 0.29) is 0 Å². The van der Waals surface area contributed by atoms with Crippen molar-refractivity contribution >= 4 is 28.6 Å². The number of thiophene rings is 1. The number of hydrogen-bond donors (Lipinski definition) is 1. The zero-order valence-electron chi connectivity index (χ0n) is 12.0. The Bertz CT molecular complexity index is 558. The zero-order chi connectivity index (χ0) is 14.5. The minimum atomic E-state index is 0.544. The highest BCUT2D eigenvalue weighted by molar-refractivity contribution is 7.09. The molecule has 1 fully saturated rings. The molecule has 112 valence electrons. The molecule has 0 saturated carbocycles. The molecule has 3 nitrogen and oxygen atoms in total. The number of nitrogens with one attached hydrogen (secondary N) is 1. The van der Waals surface area contributed by atoms with Crippen LogP contribution in [0.5, 0.6) is 0 Å². The number of likely N-dealkylation sites (tertiary alicyclic amines) is 1. The van der Waals surface area contributed by atoms with Crippen molar-refractivity contribution in [2.75, 3.05) is 25.0 Å². The minimum Gasteiger partial charge on any atom is -0.385 e. The lowest BCUT2D eigenvalue weighted by Gasteiger charge is -2.32. The maximum atomic E-state index is 5.91. The zero-order valence-corrected chi connectivity index (χ0v) is 13.5. The smallest absolute Gasteiger partial charge is 0.131 e. The Balaban J connectivity index is 1.49. The summed E-state index contributed by atoms with van der Waals surface area (Å²) in [5, 5.41) is 6.19. The summed E-state index contributed by atoms with van der Waals surface area (Å²) < 4.78 is 0. The summed E-state index contributed by atoms with van der Waals surface area (Å²) >= 11 is 7.76. The van der Waals surface area contributed by atoms with Crippen molar-refractivity contribution in [2.24, 2.45) is 5.92 Å². The Hall–Kier alpha value is -1.10. The van der Waals surface area contributed by atoms with E-state index < -0.39 is 0 Å². The molecule has 0 aromatic carbocycles. The van der Waals surface area contributed by atoms with Crippen LogP contribution < -0.4 is 5.32 Å². The maximum absolute atomic E-state index is 5.91. The summed E-state index contributed by atoms with van der Waals surface area (Å²) in [5.74, 6) is 0.700. The molecule has 0 radical (unpaired) electrons. The quantitative estimate of drug-likeness (QED) is 0.840. The van der Waals surface area contributed by atoms with Crippen molar-refractivity contribution in [3.05, 3.63) is 45.9 Å². The fourth-order valence-corrected chi connectivity index (χ4v) is 3.78. The van der Waals surface area contributed by atoms with Gasteiger partial charge < -0.3 is 5.32 Å². The Morgan fingerprint density at radius 2 is 2.38 bits per heavy atom. The molecule has 5 heteroatoms. The van der Waals surface area contributed by atoms with E-state index in [4.69, 9.17) is 11.6 Å². The number of halogens is 1. The summed E-state index contributed by atoms with van der Waals surface area (Å²) in [5.41, 5.74) is 1.06. The average molecular weight is 322 g/mol. The van der Waals surface area contributed by atoms with Gasteiger partial charge in [0.1, 0.15) is 5.15 Å². The predicted octanol–water partition coefficient (Wildman–Crippen LogP) is 4.12. The van der Waals surface area contributed by atoms with E-state index in [1.807, 2.05) is 23.5 Å².